The molecule has 0 aromatic carbocycles. The normalized spacial score (nSPS) is 11.2. The van der Waals surface area contributed by atoms with Crippen molar-refractivity contribution in [1.29, 1.82) is 0 Å². The van der Waals surface area contributed by atoms with Crippen LogP contribution in [0.2, 0.25) is 0 Å². The lowest BCUT2D eigenvalue weighted by molar-refractivity contribution is 0.0265. The second-order valence-electron chi connectivity index (χ2n) is 3.67. The van der Waals surface area contributed by atoms with Crippen LogP contribution in [0.3, 0.4) is 0 Å². The highest BCUT2D eigenvalue weighted by molar-refractivity contribution is 4.90. The van der Waals surface area contributed by atoms with Crippen molar-refractivity contribution in [3.8, 4) is 0 Å². The zero-order valence-corrected chi connectivity index (χ0v) is 9.80. The smallest absolute Gasteiger partial charge is 0.108 e. The van der Waals surface area contributed by atoms with Crippen molar-refractivity contribution < 1.29 is 14.6 Å². The molecule has 0 amide bonds. The van der Waals surface area contributed by atoms with E-state index in [4.69, 9.17) is 14.6 Å². The second kappa shape index (κ2) is 7.32. The minimum Gasteiger partial charge on any atom is -0.394 e. The molecule has 0 atom stereocenters. The predicted molar refractivity (Wildman–Crippen MR) is 58.0 cm³/mol. The van der Waals surface area contributed by atoms with Gasteiger partial charge in [0.1, 0.15) is 5.69 Å². The van der Waals surface area contributed by atoms with Gasteiger partial charge in [0.15, 0.2) is 0 Å². The summed E-state index contributed by atoms with van der Waals surface area (Å²) in [7, 11) is 0. The standard InChI is InChI=1S/C10H19N3O3/c1-9(2)13-7-10(11-12-13)8-16-6-5-15-4-3-14/h7,9,14H,3-6,8H2,1-2H3. The van der Waals surface area contributed by atoms with Crippen LogP contribution in [0, 0.1) is 0 Å². The fourth-order valence-corrected chi connectivity index (χ4v) is 1.09. The number of hydrogen-bond acceptors (Lipinski definition) is 5. The molecule has 6 heteroatoms. The number of hydrogen-bond donors (Lipinski definition) is 1. The highest BCUT2D eigenvalue weighted by Gasteiger charge is 2.03. The molecule has 0 aliphatic rings. The quantitative estimate of drug-likeness (QED) is 0.653. The Balaban J connectivity index is 2.12. The van der Waals surface area contributed by atoms with Gasteiger partial charge in [0.2, 0.25) is 0 Å². The SMILES string of the molecule is CC(C)n1cc(COCCOCCO)nn1. The summed E-state index contributed by atoms with van der Waals surface area (Å²) in [6.07, 6.45) is 1.87. The lowest BCUT2D eigenvalue weighted by Crippen LogP contribution is -2.07. The van der Waals surface area contributed by atoms with Gasteiger partial charge in [0.05, 0.1) is 39.2 Å². The van der Waals surface area contributed by atoms with Crippen LogP contribution >= 0.6 is 0 Å². The Morgan fingerprint density at radius 1 is 1.31 bits per heavy atom. The lowest BCUT2D eigenvalue weighted by atomic mass is 10.4. The third-order valence-corrected chi connectivity index (χ3v) is 1.94. The lowest BCUT2D eigenvalue weighted by Gasteiger charge is -2.03. The zero-order chi connectivity index (χ0) is 11.8. The molecule has 16 heavy (non-hydrogen) atoms. The van der Waals surface area contributed by atoms with E-state index in [-0.39, 0.29) is 6.61 Å². The van der Waals surface area contributed by atoms with Gasteiger partial charge in [-0.25, -0.2) is 4.68 Å². The van der Waals surface area contributed by atoms with E-state index in [1.54, 1.807) is 4.68 Å². The maximum Gasteiger partial charge on any atom is 0.108 e. The first-order valence-corrected chi connectivity index (χ1v) is 5.41. The molecule has 6 nitrogen and oxygen atoms in total. The van der Waals surface area contributed by atoms with Crippen molar-refractivity contribution in [2.24, 2.45) is 0 Å². The molecule has 0 bridgehead atoms. The Morgan fingerprint density at radius 2 is 2.06 bits per heavy atom. The number of rotatable bonds is 8. The Hall–Kier alpha value is -0.980. The van der Waals surface area contributed by atoms with Gasteiger partial charge in [0.25, 0.3) is 0 Å². The van der Waals surface area contributed by atoms with Gasteiger partial charge < -0.3 is 14.6 Å². The molecule has 92 valence electrons. The van der Waals surface area contributed by atoms with E-state index in [9.17, 15) is 0 Å². The fraction of sp³-hybridized carbons (Fsp3) is 0.800. The van der Waals surface area contributed by atoms with Gasteiger partial charge in [-0.15, -0.1) is 5.10 Å². The Labute approximate surface area is 95.2 Å². The van der Waals surface area contributed by atoms with Gasteiger partial charge in [-0.05, 0) is 13.8 Å². The number of nitrogens with zero attached hydrogens (tertiary/aromatic N) is 3. The van der Waals surface area contributed by atoms with Crippen LogP contribution in [0.25, 0.3) is 0 Å². The van der Waals surface area contributed by atoms with E-state index in [2.05, 4.69) is 10.3 Å². The van der Waals surface area contributed by atoms with Gasteiger partial charge in [-0.3, -0.25) is 0 Å². The van der Waals surface area contributed by atoms with E-state index in [0.717, 1.165) is 5.69 Å². The first-order chi connectivity index (χ1) is 7.74. The summed E-state index contributed by atoms with van der Waals surface area (Å²) in [5.74, 6) is 0. The average Bonchev–Trinajstić information content (AvgIpc) is 2.72. The van der Waals surface area contributed by atoms with Crippen LogP contribution in [0.1, 0.15) is 25.6 Å². The van der Waals surface area contributed by atoms with Crippen LogP contribution in [0.5, 0.6) is 0 Å². The Kier molecular flexibility index (Phi) is 5.99. The molecule has 0 unspecified atom stereocenters. The van der Waals surface area contributed by atoms with Crippen LogP contribution in [0.15, 0.2) is 6.20 Å². The van der Waals surface area contributed by atoms with Gasteiger partial charge in [-0.1, -0.05) is 5.21 Å². The van der Waals surface area contributed by atoms with E-state index < -0.39 is 0 Å². The van der Waals surface area contributed by atoms with Crippen molar-refractivity contribution in [3.63, 3.8) is 0 Å². The summed E-state index contributed by atoms with van der Waals surface area (Å²) in [6, 6.07) is 0.314. The highest BCUT2D eigenvalue weighted by atomic mass is 16.5. The molecule has 1 N–H and O–H groups in total. The molecule has 0 aliphatic carbocycles. The summed E-state index contributed by atoms with van der Waals surface area (Å²) in [5, 5.41) is 16.4. The molecule has 1 rings (SSSR count). The summed E-state index contributed by atoms with van der Waals surface area (Å²) in [6.45, 7) is 5.91. The maximum atomic E-state index is 8.47. The molecule has 0 spiro atoms. The minimum absolute atomic E-state index is 0.0444. The monoisotopic (exact) mass is 229 g/mol. The van der Waals surface area contributed by atoms with Crippen molar-refractivity contribution >= 4 is 0 Å². The van der Waals surface area contributed by atoms with Crippen molar-refractivity contribution in [3.05, 3.63) is 11.9 Å². The molecule has 1 aromatic heterocycles. The molecular weight excluding hydrogens is 210 g/mol. The van der Waals surface area contributed by atoms with Crippen LogP contribution in [-0.2, 0) is 16.1 Å². The predicted octanol–water partition coefficient (Wildman–Crippen LogP) is 0.384. The summed E-state index contributed by atoms with van der Waals surface area (Å²) in [4.78, 5) is 0. The molecule has 1 heterocycles. The first-order valence-electron chi connectivity index (χ1n) is 5.41. The van der Waals surface area contributed by atoms with E-state index in [0.29, 0.717) is 32.5 Å². The number of aromatic nitrogens is 3. The minimum atomic E-state index is 0.0444. The summed E-state index contributed by atoms with van der Waals surface area (Å²) < 4.78 is 12.2. The topological polar surface area (TPSA) is 69.4 Å². The number of aliphatic hydroxyl groups is 1. The Morgan fingerprint density at radius 3 is 2.69 bits per heavy atom. The van der Waals surface area contributed by atoms with Crippen molar-refractivity contribution in [1.82, 2.24) is 15.0 Å². The van der Waals surface area contributed by atoms with Crippen molar-refractivity contribution in [2.45, 2.75) is 26.5 Å². The van der Waals surface area contributed by atoms with Gasteiger partial charge in [-0.2, -0.15) is 0 Å². The third-order valence-electron chi connectivity index (χ3n) is 1.94. The molecule has 0 radical (unpaired) electrons. The van der Waals surface area contributed by atoms with Crippen LogP contribution in [0.4, 0.5) is 0 Å². The fourth-order valence-electron chi connectivity index (χ4n) is 1.09. The summed E-state index contributed by atoms with van der Waals surface area (Å²) in [5.41, 5.74) is 0.816. The molecular formula is C10H19N3O3. The summed E-state index contributed by atoms with van der Waals surface area (Å²) >= 11 is 0. The second-order valence-corrected chi connectivity index (χ2v) is 3.67. The number of aliphatic hydroxyl groups excluding tert-OH is 1. The van der Waals surface area contributed by atoms with E-state index >= 15 is 0 Å². The first kappa shape index (κ1) is 13.1. The molecule has 0 saturated heterocycles. The van der Waals surface area contributed by atoms with E-state index in [1.165, 1.54) is 0 Å². The average molecular weight is 229 g/mol. The Bertz CT molecular complexity index is 289. The third kappa shape index (κ3) is 4.69. The zero-order valence-electron chi connectivity index (χ0n) is 9.80. The van der Waals surface area contributed by atoms with Crippen LogP contribution < -0.4 is 0 Å². The highest BCUT2D eigenvalue weighted by Crippen LogP contribution is 2.03. The molecule has 0 fully saturated rings. The van der Waals surface area contributed by atoms with Crippen molar-refractivity contribution in [2.75, 3.05) is 26.4 Å². The molecule has 0 aliphatic heterocycles. The maximum absolute atomic E-state index is 8.47. The number of ether oxygens (including phenoxy) is 2. The van der Waals surface area contributed by atoms with E-state index in [1.807, 2.05) is 20.0 Å². The molecule has 1 aromatic rings. The van der Waals surface area contributed by atoms with Gasteiger partial charge in [0, 0.05) is 6.04 Å². The van der Waals surface area contributed by atoms with Crippen LogP contribution in [-0.4, -0.2) is 46.5 Å². The largest absolute Gasteiger partial charge is 0.394 e. The molecule has 0 saturated carbocycles. The van der Waals surface area contributed by atoms with Gasteiger partial charge >= 0.3 is 0 Å².